The van der Waals surface area contributed by atoms with Crippen LogP contribution >= 0.6 is 0 Å². The second-order valence-electron chi connectivity index (χ2n) is 5.35. The molecular formula is C14H18N2. The number of aryl methyl sites for hydroxylation is 1. The topological polar surface area (TPSA) is 27.0 Å². The summed E-state index contributed by atoms with van der Waals surface area (Å²) in [6, 6.07) is 6.50. The predicted octanol–water partition coefficient (Wildman–Crippen LogP) is 2.98. The fourth-order valence-electron chi connectivity index (χ4n) is 2.37. The highest BCUT2D eigenvalue weighted by molar-refractivity contribution is 5.63. The quantitative estimate of drug-likeness (QED) is 0.664. The summed E-state index contributed by atoms with van der Waals surface area (Å²) in [6.07, 6.45) is 1.14. The van der Waals surface area contributed by atoms with Crippen LogP contribution in [0.4, 0.5) is 5.69 Å². The van der Waals surface area contributed by atoms with Crippen molar-refractivity contribution >= 4 is 5.69 Å². The van der Waals surface area contributed by atoms with Crippen LogP contribution in [0.15, 0.2) is 12.1 Å². The summed E-state index contributed by atoms with van der Waals surface area (Å²) >= 11 is 0. The molecule has 1 heterocycles. The van der Waals surface area contributed by atoms with Crippen molar-refractivity contribution in [3.05, 3.63) is 28.8 Å². The lowest BCUT2D eigenvalue weighted by Gasteiger charge is -2.38. The maximum absolute atomic E-state index is 9.09. The molecule has 84 valence electrons. The van der Waals surface area contributed by atoms with Gasteiger partial charge in [0.2, 0.25) is 0 Å². The van der Waals surface area contributed by atoms with Crippen molar-refractivity contribution in [1.82, 2.24) is 0 Å². The Bertz CT molecular complexity index is 466. The number of nitriles is 1. The summed E-state index contributed by atoms with van der Waals surface area (Å²) in [6.45, 7) is 7.62. The average molecular weight is 214 g/mol. The second-order valence-corrected chi connectivity index (χ2v) is 5.35. The number of hydrogen-bond donors (Lipinski definition) is 0. The van der Waals surface area contributed by atoms with Gasteiger partial charge in [0, 0.05) is 19.3 Å². The maximum Gasteiger partial charge on any atom is 0.0994 e. The highest BCUT2D eigenvalue weighted by Crippen LogP contribution is 2.40. The molecule has 0 saturated carbocycles. The monoisotopic (exact) mass is 214 g/mol. The van der Waals surface area contributed by atoms with Gasteiger partial charge in [-0.2, -0.15) is 5.26 Å². The lowest BCUT2D eigenvalue weighted by molar-refractivity contribution is 0.462. The van der Waals surface area contributed by atoms with Crippen LogP contribution in [-0.4, -0.2) is 13.6 Å². The minimum atomic E-state index is 0.182. The van der Waals surface area contributed by atoms with E-state index in [0.717, 1.165) is 24.1 Å². The van der Waals surface area contributed by atoms with E-state index in [1.165, 1.54) is 11.3 Å². The van der Waals surface area contributed by atoms with E-state index in [0.29, 0.717) is 0 Å². The SMILES string of the molecule is Cc1cc2c(cc1C#N)C(C)(C)CCN2C. The number of nitrogens with zero attached hydrogens (tertiary/aromatic N) is 2. The average Bonchev–Trinajstić information content (AvgIpc) is 2.23. The third kappa shape index (κ3) is 1.57. The molecule has 16 heavy (non-hydrogen) atoms. The molecule has 0 unspecified atom stereocenters. The Balaban J connectivity index is 2.67. The number of benzene rings is 1. The molecule has 0 spiro atoms. The van der Waals surface area contributed by atoms with E-state index >= 15 is 0 Å². The van der Waals surface area contributed by atoms with Crippen LogP contribution in [-0.2, 0) is 5.41 Å². The Morgan fingerprint density at radius 3 is 2.69 bits per heavy atom. The van der Waals surface area contributed by atoms with Crippen LogP contribution in [0.1, 0.15) is 37.0 Å². The predicted molar refractivity (Wildman–Crippen MR) is 66.8 cm³/mol. The fourth-order valence-corrected chi connectivity index (χ4v) is 2.37. The molecule has 0 aliphatic carbocycles. The number of rotatable bonds is 0. The maximum atomic E-state index is 9.09. The van der Waals surface area contributed by atoms with Gasteiger partial charge in [-0.25, -0.2) is 0 Å². The smallest absolute Gasteiger partial charge is 0.0994 e. The van der Waals surface area contributed by atoms with Crippen LogP contribution in [0.25, 0.3) is 0 Å². The molecule has 0 atom stereocenters. The number of hydrogen-bond acceptors (Lipinski definition) is 2. The van der Waals surface area contributed by atoms with Gasteiger partial charge in [-0.1, -0.05) is 13.8 Å². The van der Waals surface area contributed by atoms with Crippen molar-refractivity contribution in [3.8, 4) is 6.07 Å². The van der Waals surface area contributed by atoms with E-state index in [-0.39, 0.29) is 5.41 Å². The summed E-state index contributed by atoms with van der Waals surface area (Å²) in [5, 5.41) is 9.09. The summed E-state index contributed by atoms with van der Waals surface area (Å²) < 4.78 is 0. The Kier molecular flexibility index (Phi) is 2.42. The zero-order valence-electron chi connectivity index (χ0n) is 10.5. The molecule has 2 heteroatoms. The third-order valence-corrected chi connectivity index (χ3v) is 3.68. The molecule has 0 aromatic heterocycles. The van der Waals surface area contributed by atoms with Crippen molar-refractivity contribution in [2.24, 2.45) is 0 Å². The van der Waals surface area contributed by atoms with E-state index in [2.05, 4.69) is 44.0 Å². The molecule has 2 rings (SSSR count). The van der Waals surface area contributed by atoms with E-state index in [1.807, 2.05) is 6.92 Å². The molecule has 0 bridgehead atoms. The number of fused-ring (bicyclic) bond motifs is 1. The van der Waals surface area contributed by atoms with Crippen molar-refractivity contribution in [1.29, 1.82) is 5.26 Å². The Hall–Kier alpha value is -1.49. The lowest BCUT2D eigenvalue weighted by atomic mass is 9.76. The van der Waals surface area contributed by atoms with Crippen molar-refractivity contribution in [2.75, 3.05) is 18.5 Å². The first-order valence-electron chi connectivity index (χ1n) is 5.72. The van der Waals surface area contributed by atoms with Gasteiger partial charge in [0.25, 0.3) is 0 Å². The standard InChI is InChI=1S/C14H18N2/c1-10-7-13-12(8-11(10)9-15)14(2,3)5-6-16(13)4/h7-8H,5-6H2,1-4H3. The molecule has 1 aliphatic rings. The zero-order valence-corrected chi connectivity index (χ0v) is 10.5. The molecular weight excluding hydrogens is 196 g/mol. The summed E-state index contributed by atoms with van der Waals surface area (Å²) in [5.41, 5.74) is 4.66. The van der Waals surface area contributed by atoms with Crippen molar-refractivity contribution in [3.63, 3.8) is 0 Å². The van der Waals surface area contributed by atoms with Crippen molar-refractivity contribution < 1.29 is 0 Å². The molecule has 1 aliphatic heterocycles. The second kappa shape index (κ2) is 3.52. The molecule has 0 amide bonds. The molecule has 0 saturated heterocycles. The lowest BCUT2D eigenvalue weighted by Crippen LogP contribution is -2.34. The normalized spacial score (nSPS) is 17.8. The highest BCUT2D eigenvalue weighted by Gasteiger charge is 2.30. The van der Waals surface area contributed by atoms with E-state index in [9.17, 15) is 0 Å². The minimum absolute atomic E-state index is 0.182. The van der Waals surface area contributed by atoms with Gasteiger partial charge in [0.15, 0.2) is 0 Å². The van der Waals surface area contributed by atoms with Gasteiger partial charge in [-0.05, 0) is 42.0 Å². The Morgan fingerprint density at radius 2 is 2.06 bits per heavy atom. The molecule has 0 radical (unpaired) electrons. The van der Waals surface area contributed by atoms with Gasteiger partial charge in [-0.15, -0.1) is 0 Å². The molecule has 0 N–H and O–H groups in total. The summed E-state index contributed by atoms with van der Waals surface area (Å²) in [7, 11) is 2.12. The van der Waals surface area contributed by atoms with Crippen LogP contribution < -0.4 is 4.90 Å². The van der Waals surface area contributed by atoms with Crippen LogP contribution in [0.2, 0.25) is 0 Å². The Labute approximate surface area is 97.5 Å². The Morgan fingerprint density at radius 1 is 1.38 bits per heavy atom. The van der Waals surface area contributed by atoms with Gasteiger partial charge >= 0.3 is 0 Å². The first-order valence-corrected chi connectivity index (χ1v) is 5.72. The molecule has 2 nitrogen and oxygen atoms in total. The zero-order chi connectivity index (χ0) is 11.9. The minimum Gasteiger partial charge on any atom is -0.374 e. The van der Waals surface area contributed by atoms with Crippen LogP contribution in [0, 0.1) is 18.3 Å². The largest absolute Gasteiger partial charge is 0.374 e. The van der Waals surface area contributed by atoms with Crippen LogP contribution in [0.3, 0.4) is 0 Å². The molecule has 1 aromatic rings. The number of anilines is 1. The van der Waals surface area contributed by atoms with Gasteiger partial charge in [-0.3, -0.25) is 0 Å². The van der Waals surface area contributed by atoms with Crippen LogP contribution in [0.5, 0.6) is 0 Å². The van der Waals surface area contributed by atoms with Gasteiger partial charge in [0.1, 0.15) is 0 Å². The molecule has 1 aromatic carbocycles. The van der Waals surface area contributed by atoms with E-state index in [4.69, 9.17) is 5.26 Å². The highest BCUT2D eigenvalue weighted by atomic mass is 15.1. The van der Waals surface area contributed by atoms with Gasteiger partial charge in [0.05, 0.1) is 11.6 Å². The summed E-state index contributed by atoms with van der Waals surface area (Å²) in [5.74, 6) is 0. The fraction of sp³-hybridized carbons (Fsp3) is 0.500. The van der Waals surface area contributed by atoms with Crippen molar-refractivity contribution in [2.45, 2.75) is 32.6 Å². The summed E-state index contributed by atoms with van der Waals surface area (Å²) in [4.78, 5) is 2.29. The third-order valence-electron chi connectivity index (χ3n) is 3.68. The van der Waals surface area contributed by atoms with E-state index in [1.54, 1.807) is 0 Å². The van der Waals surface area contributed by atoms with E-state index < -0.39 is 0 Å². The molecule has 0 fully saturated rings. The first kappa shape index (κ1) is 11.0. The van der Waals surface area contributed by atoms with Gasteiger partial charge < -0.3 is 4.90 Å². The first-order chi connectivity index (χ1) is 7.45.